The smallest absolute Gasteiger partial charge is 0.206 e. The van der Waals surface area contributed by atoms with Gasteiger partial charge in [-0.15, -0.1) is 0 Å². The summed E-state index contributed by atoms with van der Waals surface area (Å²) in [5.74, 6) is 1.69. The zero-order chi connectivity index (χ0) is 18.6. The van der Waals surface area contributed by atoms with E-state index in [1.54, 1.807) is 0 Å². The van der Waals surface area contributed by atoms with Crippen LogP contribution < -0.4 is 15.4 Å². The standard InChI is InChI=1S/C21H23N5O/c22-11-13-27-18-9-7-16(8-10-18)14-26-20-6-2-1-5-19(20)24-21(26)25-12-3-4-17(23)15-25/h1-2,5-10,17H,3-4,12-15,23H2. The molecule has 4 rings (SSSR count). The fourth-order valence-electron chi connectivity index (χ4n) is 3.64. The molecule has 1 fully saturated rings. The van der Waals surface area contributed by atoms with E-state index < -0.39 is 0 Å². The van der Waals surface area contributed by atoms with Gasteiger partial charge in [0, 0.05) is 19.1 Å². The van der Waals surface area contributed by atoms with Crippen LogP contribution in [0, 0.1) is 11.3 Å². The number of ether oxygens (including phenoxy) is 1. The molecule has 1 saturated heterocycles. The van der Waals surface area contributed by atoms with Crippen LogP contribution in [0.1, 0.15) is 18.4 Å². The largest absolute Gasteiger partial charge is 0.479 e. The molecule has 6 heteroatoms. The van der Waals surface area contributed by atoms with E-state index in [0.717, 1.165) is 55.0 Å². The van der Waals surface area contributed by atoms with E-state index in [-0.39, 0.29) is 12.6 Å². The zero-order valence-electron chi connectivity index (χ0n) is 15.2. The van der Waals surface area contributed by atoms with Crippen molar-refractivity contribution in [2.24, 2.45) is 5.73 Å². The summed E-state index contributed by atoms with van der Waals surface area (Å²) in [6.45, 7) is 2.60. The molecule has 2 N–H and O–H groups in total. The first-order valence-electron chi connectivity index (χ1n) is 9.29. The first kappa shape index (κ1) is 17.4. The number of nitrogens with two attached hydrogens (primary N) is 1. The lowest BCUT2D eigenvalue weighted by molar-refractivity contribution is 0.368. The fourth-order valence-corrected chi connectivity index (χ4v) is 3.64. The van der Waals surface area contributed by atoms with Crippen LogP contribution in [0.15, 0.2) is 48.5 Å². The molecule has 0 aliphatic carbocycles. The number of fused-ring (bicyclic) bond motifs is 1. The Morgan fingerprint density at radius 2 is 2.00 bits per heavy atom. The Morgan fingerprint density at radius 1 is 1.19 bits per heavy atom. The summed E-state index contributed by atoms with van der Waals surface area (Å²) in [7, 11) is 0. The highest BCUT2D eigenvalue weighted by Crippen LogP contribution is 2.26. The minimum Gasteiger partial charge on any atom is -0.479 e. The van der Waals surface area contributed by atoms with Gasteiger partial charge in [-0.05, 0) is 42.7 Å². The minimum atomic E-state index is 0.0604. The summed E-state index contributed by atoms with van der Waals surface area (Å²) in [6, 6.07) is 18.3. The summed E-state index contributed by atoms with van der Waals surface area (Å²) >= 11 is 0. The van der Waals surface area contributed by atoms with E-state index in [1.807, 2.05) is 42.5 Å². The molecule has 6 nitrogen and oxygen atoms in total. The molecule has 27 heavy (non-hydrogen) atoms. The molecule has 0 spiro atoms. The molecule has 2 aromatic carbocycles. The second-order valence-electron chi connectivity index (χ2n) is 6.93. The number of hydrogen-bond donors (Lipinski definition) is 1. The highest BCUT2D eigenvalue weighted by molar-refractivity contribution is 5.79. The van der Waals surface area contributed by atoms with Crippen molar-refractivity contribution >= 4 is 17.0 Å². The Labute approximate surface area is 158 Å². The Hall–Kier alpha value is -3.04. The minimum absolute atomic E-state index is 0.0604. The van der Waals surface area contributed by atoms with Crippen molar-refractivity contribution in [2.45, 2.75) is 25.4 Å². The molecule has 0 radical (unpaired) electrons. The van der Waals surface area contributed by atoms with E-state index in [4.69, 9.17) is 20.7 Å². The predicted molar refractivity (Wildman–Crippen MR) is 106 cm³/mol. The third-order valence-corrected chi connectivity index (χ3v) is 4.94. The number of benzene rings is 2. The predicted octanol–water partition coefficient (Wildman–Crippen LogP) is 2.91. The molecule has 1 unspecified atom stereocenters. The number of nitriles is 1. The second kappa shape index (κ2) is 7.68. The summed E-state index contributed by atoms with van der Waals surface area (Å²) in [4.78, 5) is 7.20. The number of piperidine rings is 1. The van der Waals surface area contributed by atoms with Gasteiger partial charge in [0.1, 0.15) is 11.8 Å². The normalized spacial score (nSPS) is 17.0. The molecule has 1 atom stereocenters. The van der Waals surface area contributed by atoms with Crippen LogP contribution in [0.4, 0.5) is 5.95 Å². The Balaban J connectivity index is 1.65. The van der Waals surface area contributed by atoms with Crippen LogP contribution in [0.3, 0.4) is 0 Å². The van der Waals surface area contributed by atoms with Crippen molar-refractivity contribution in [3.8, 4) is 11.8 Å². The molecule has 0 bridgehead atoms. The molecule has 0 saturated carbocycles. The van der Waals surface area contributed by atoms with Crippen molar-refractivity contribution in [1.29, 1.82) is 5.26 Å². The first-order chi connectivity index (χ1) is 13.2. The van der Waals surface area contributed by atoms with Crippen molar-refractivity contribution in [2.75, 3.05) is 24.6 Å². The number of imidazole rings is 1. The average molecular weight is 361 g/mol. The van der Waals surface area contributed by atoms with E-state index >= 15 is 0 Å². The fraction of sp³-hybridized carbons (Fsp3) is 0.333. The van der Waals surface area contributed by atoms with Gasteiger partial charge in [0.2, 0.25) is 5.95 Å². The number of para-hydroxylation sites is 2. The van der Waals surface area contributed by atoms with Gasteiger partial charge < -0.3 is 19.9 Å². The van der Waals surface area contributed by atoms with Crippen molar-refractivity contribution in [3.05, 3.63) is 54.1 Å². The maximum absolute atomic E-state index is 8.63. The lowest BCUT2D eigenvalue weighted by atomic mass is 10.1. The molecule has 1 aliphatic rings. The average Bonchev–Trinajstić information content (AvgIpc) is 3.06. The third-order valence-electron chi connectivity index (χ3n) is 4.94. The lowest BCUT2D eigenvalue weighted by Gasteiger charge is -2.32. The number of rotatable bonds is 5. The first-order valence-corrected chi connectivity index (χ1v) is 9.29. The van der Waals surface area contributed by atoms with E-state index in [0.29, 0.717) is 5.75 Å². The van der Waals surface area contributed by atoms with Gasteiger partial charge in [0.15, 0.2) is 6.61 Å². The van der Waals surface area contributed by atoms with Gasteiger partial charge in [-0.25, -0.2) is 4.98 Å². The topological polar surface area (TPSA) is 80.1 Å². The van der Waals surface area contributed by atoms with Crippen LogP contribution in [-0.2, 0) is 6.54 Å². The summed E-state index contributed by atoms with van der Waals surface area (Å²) in [5.41, 5.74) is 9.48. The van der Waals surface area contributed by atoms with Crippen molar-refractivity contribution in [3.63, 3.8) is 0 Å². The second-order valence-corrected chi connectivity index (χ2v) is 6.93. The van der Waals surface area contributed by atoms with Crippen LogP contribution in [-0.4, -0.2) is 35.3 Å². The van der Waals surface area contributed by atoms with Gasteiger partial charge in [0.05, 0.1) is 17.6 Å². The highest BCUT2D eigenvalue weighted by Gasteiger charge is 2.22. The molecule has 2 heterocycles. The summed E-state index contributed by atoms with van der Waals surface area (Å²) in [5, 5.41) is 8.63. The molecule has 1 aromatic heterocycles. The maximum atomic E-state index is 8.63. The van der Waals surface area contributed by atoms with Crippen molar-refractivity contribution < 1.29 is 4.74 Å². The monoisotopic (exact) mass is 361 g/mol. The number of nitrogens with zero attached hydrogens (tertiary/aromatic N) is 4. The maximum Gasteiger partial charge on any atom is 0.206 e. The van der Waals surface area contributed by atoms with Gasteiger partial charge in [-0.2, -0.15) is 5.26 Å². The summed E-state index contributed by atoms with van der Waals surface area (Å²) < 4.78 is 7.61. The number of aromatic nitrogens is 2. The zero-order valence-corrected chi connectivity index (χ0v) is 15.2. The SMILES string of the molecule is N#CCOc1ccc(Cn2c(N3CCCC(N)C3)nc3ccccc32)cc1. The van der Waals surface area contributed by atoms with Crippen LogP contribution >= 0.6 is 0 Å². The molecular weight excluding hydrogens is 338 g/mol. The molecular formula is C21H23N5O. The van der Waals surface area contributed by atoms with Gasteiger partial charge in [-0.3, -0.25) is 0 Å². The number of hydrogen-bond acceptors (Lipinski definition) is 5. The van der Waals surface area contributed by atoms with Crippen LogP contribution in [0.2, 0.25) is 0 Å². The van der Waals surface area contributed by atoms with Crippen molar-refractivity contribution in [1.82, 2.24) is 9.55 Å². The summed E-state index contributed by atoms with van der Waals surface area (Å²) in [6.07, 6.45) is 2.16. The Morgan fingerprint density at radius 3 is 2.78 bits per heavy atom. The Bertz CT molecular complexity index is 957. The lowest BCUT2D eigenvalue weighted by Crippen LogP contribution is -2.44. The Kier molecular flexibility index (Phi) is 4.95. The molecule has 0 amide bonds. The molecule has 3 aromatic rings. The van der Waals surface area contributed by atoms with Gasteiger partial charge in [0.25, 0.3) is 0 Å². The van der Waals surface area contributed by atoms with E-state index in [2.05, 4.69) is 21.6 Å². The van der Waals surface area contributed by atoms with Crippen LogP contribution in [0.25, 0.3) is 11.0 Å². The quantitative estimate of drug-likeness (QED) is 0.756. The highest BCUT2D eigenvalue weighted by atomic mass is 16.5. The van der Waals surface area contributed by atoms with Gasteiger partial charge in [-0.1, -0.05) is 24.3 Å². The van der Waals surface area contributed by atoms with Crippen LogP contribution in [0.5, 0.6) is 5.75 Å². The van der Waals surface area contributed by atoms with E-state index in [9.17, 15) is 0 Å². The van der Waals surface area contributed by atoms with Gasteiger partial charge >= 0.3 is 0 Å². The molecule has 1 aliphatic heterocycles. The van der Waals surface area contributed by atoms with E-state index in [1.165, 1.54) is 0 Å². The molecule has 138 valence electrons. The third kappa shape index (κ3) is 3.74. The number of anilines is 1.